The molecule has 1 unspecified atom stereocenters. The van der Waals surface area contributed by atoms with Gasteiger partial charge in [0.1, 0.15) is 0 Å². The van der Waals surface area contributed by atoms with E-state index in [4.69, 9.17) is 5.73 Å². The van der Waals surface area contributed by atoms with E-state index in [1.807, 2.05) is 0 Å². The zero-order valence-corrected chi connectivity index (χ0v) is 11.0. The minimum Gasteiger partial charge on any atom is -0.341 e. The molecule has 0 bridgehead atoms. The zero-order chi connectivity index (χ0) is 14.8. The lowest BCUT2D eigenvalue weighted by Crippen LogP contribution is -2.46. The highest BCUT2D eigenvalue weighted by molar-refractivity contribution is 5.79. The second kappa shape index (κ2) is 5.83. The molecular formula is C14H17F3N2O. The van der Waals surface area contributed by atoms with Crippen LogP contribution in [0.2, 0.25) is 0 Å². The van der Waals surface area contributed by atoms with Crippen molar-refractivity contribution in [2.24, 2.45) is 5.73 Å². The molecule has 0 saturated carbocycles. The number of likely N-dealkylation sites (tertiary alicyclic amines) is 1. The summed E-state index contributed by atoms with van der Waals surface area (Å²) in [5.41, 5.74) is 5.45. The van der Waals surface area contributed by atoms with Gasteiger partial charge in [0.05, 0.1) is 12.0 Å². The molecule has 3 nitrogen and oxygen atoms in total. The van der Waals surface area contributed by atoms with Crippen molar-refractivity contribution < 1.29 is 18.0 Å². The smallest absolute Gasteiger partial charge is 0.341 e. The van der Waals surface area contributed by atoms with Crippen LogP contribution in [0.3, 0.4) is 0 Å². The number of hydrogen-bond acceptors (Lipinski definition) is 2. The maximum atomic E-state index is 12.6. The number of nitrogens with zero attached hydrogens (tertiary/aromatic N) is 1. The Hall–Kier alpha value is -1.56. The Bertz CT molecular complexity index is 488. The molecule has 2 N–H and O–H groups in total. The number of alkyl halides is 3. The molecule has 1 fully saturated rings. The highest BCUT2D eigenvalue weighted by Crippen LogP contribution is 2.29. The van der Waals surface area contributed by atoms with Crippen molar-refractivity contribution in [3.63, 3.8) is 0 Å². The van der Waals surface area contributed by atoms with Crippen LogP contribution >= 0.6 is 0 Å². The molecule has 0 aliphatic carbocycles. The summed E-state index contributed by atoms with van der Waals surface area (Å²) in [6, 6.07) is 4.87. The largest absolute Gasteiger partial charge is 0.416 e. The molecule has 1 saturated heterocycles. The van der Waals surface area contributed by atoms with Gasteiger partial charge in [-0.15, -0.1) is 0 Å². The molecule has 1 aliphatic heterocycles. The first-order valence-corrected chi connectivity index (χ1v) is 6.56. The third-order valence-corrected chi connectivity index (χ3v) is 3.42. The molecule has 110 valence electrons. The van der Waals surface area contributed by atoms with E-state index in [-0.39, 0.29) is 18.4 Å². The van der Waals surface area contributed by atoms with Crippen LogP contribution < -0.4 is 5.73 Å². The number of piperidine rings is 1. The molecule has 1 aromatic carbocycles. The number of nitrogens with two attached hydrogens (primary N) is 1. The molecule has 1 aliphatic rings. The minimum absolute atomic E-state index is 0.0172. The van der Waals surface area contributed by atoms with Crippen molar-refractivity contribution in [1.29, 1.82) is 0 Å². The van der Waals surface area contributed by atoms with Crippen molar-refractivity contribution in [1.82, 2.24) is 4.90 Å². The summed E-state index contributed by atoms with van der Waals surface area (Å²) < 4.78 is 37.8. The fourth-order valence-electron chi connectivity index (χ4n) is 2.38. The van der Waals surface area contributed by atoms with Gasteiger partial charge in [-0.3, -0.25) is 4.79 Å². The normalized spacial score (nSPS) is 20.0. The lowest BCUT2D eigenvalue weighted by Gasteiger charge is -2.30. The third kappa shape index (κ3) is 3.72. The van der Waals surface area contributed by atoms with Crippen LogP contribution in [0.4, 0.5) is 13.2 Å². The van der Waals surface area contributed by atoms with Crippen molar-refractivity contribution in [3.05, 3.63) is 35.4 Å². The number of amides is 1. The second-order valence-electron chi connectivity index (χ2n) is 5.12. The van der Waals surface area contributed by atoms with Gasteiger partial charge in [0, 0.05) is 19.1 Å². The average Bonchev–Trinajstić information content (AvgIpc) is 2.38. The van der Waals surface area contributed by atoms with E-state index in [0.717, 1.165) is 25.0 Å². The van der Waals surface area contributed by atoms with Gasteiger partial charge in [-0.25, -0.2) is 0 Å². The summed E-state index contributed by atoms with van der Waals surface area (Å²) in [6.45, 7) is 1.11. The fourth-order valence-corrected chi connectivity index (χ4v) is 2.38. The van der Waals surface area contributed by atoms with E-state index in [1.54, 1.807) is 4.90 Å². The van der Waals surface area contributed by atoms with Crippen molar-refractivity contribution in [3.8, 4) is 0 Å². The summed E-state index contributed by atoms with van der Waals surface area (Å²) >= 11 is 0. The number of carbonyl (C=O) groups is 1. The van der Waals surface area contributed by atoms with Crippen molar-refractivity contribution >= 4 is 5.91 Å². The first-order valence-electron chi connectivity index (χ1n) is 6.56. The molecule has 0 spiro atoms. The summed E-state index contributed by atoms with van der Waals surface area (Å²) in [7, 11) is 0. The third-order valence-electron chi connectivity index (χ3n) is 3.42. The van der Waals surface area contributed by atoms with Gasteiger partial charge in [-0.1, -0.05) is 18.2 Å². The fraction of sp³-hybridized carbons (Fsp3) is 0.500. The van der Waals surface area contributed by atoms with E-state index in [1.165, 1.54) is 12.1 Å². The highest BCUT2D eigenvalue weighted by atomic mass is 19.4. The van der Waals surface area contributed by atoms with E-state index >= 15 is 0 Å². The van der Waals surface area contributed by atoms with Crippen LogP contribution in [-0.4, -0.2) is 29.9 Å². The van der Waals surface area contributed by atoms with E-state index in [0.29, 0.717) is 18.7 Å². The molecule has 1 aromatic rings. The Balaban J connectivity index is 2.04. The van der Waals surface area contributed by atoms with Crippen molar-refractivity contribution in [2.75, 3.05) is 13.1 Å². The Morgan fingerprint density at radius 1 is 1.40 bits per heavy atom. The van der Waals surface area contributed by atoms with Gasteiger partial charge in [-0.2, -0.15) is 13.2 Å². The molecule has 0 radical (unpaired) electrons. The molecular weight excluding hydrogens is 269 g/mol. The summed E-state index contributed by atoms with van der Waals surface area (Å²) in [5, 5.41) is 0. The number of carbonyl (C=O) groups excluding carboxylic acids is 1. The van der Waals surface area contributed by atoms with Gasteiger partial charge in [0.25, 0.3) is 0 Å². The number of hydrogen-bond donors (Lipinski definition) is 1. The molecule has 1 atom stereocenters. The SMILES string of the molecule is NC1CCCN(C(=O)Cc2cccc(C(F)(F)F)c2)C1. The molecule has 1 amide bonds. The lowest BCUT2D eigenvalue weighted by molar-refractivity contribution is -0.138. The number of halogens is 3. The molecule has 2 rings (SSSR count). The number of rotatable bonds is 2. The van der Waals surface area contributed by atoms with Crippen LogP contribution in [0.5, 0.6) is 0 Å². The Morgan fingerprint density at radius 3 is 2.80 bits per heavy atom. The topological polar surface area (TPSA) is 46.3 Å². The number of benzene rings is 1. The van der Waals surface area contributed by atoms with Crippen LogP contribution in [0.25, 0.3) is 0 Å². The van der Waals surface area contributed by atoms with E-state index < -0.39 is 11.7 Å². The molecule has 0 aromatic heterocycles. The van der Waals surface area contributed by atoms with Gasteiger partial charge < -0.3 is 10.6 Å². The summed E-state index contributed by atoms with van der Waals surface area (Å²) in [5.74, 6) is -0.167. The quantitative estimate of drug-likeness (QED) is 0.906. The van der Waals surface area contributed by atoms with Crippen LogP contribution in [0.1, 0.15) is 24.0 Å². The molecule has 20 heavy (non-hydrogen) atoms. The van der Waals surface area contributed by atoms with Gasteiger partial charge in [0.15, 0.2) is 0 Å². The predicted molar refractivity (Wildman–Crippen MR) is 68.9 cm³/mol. The Labute approximate surface area is 115 Å². The van der Waals surface area contributed by atoms with E-state index in [2.05, 4.69) is 0 Å². The molecule has 6 heteroatoms. The van der Waals surface area contributed by atoms with Gasteiger partial charge in [-0.05, 0) is 24.5 Å². The first kappa shape index (κ1) is 14.8. The maximum absolute atomic E-state index is 12.6. The monoisotopic (exact) mass is 286 g/mol. The first-order chi connectivity index (χ1) is 9.36. The summed E-state index contributed by atoms with van der Waals surface area (Å²) in [6.07, 6.45) is -2.67. The molecule has 1 heterocycles. The maximum Gasteiger partial charge on any atom is 0.416 e. The zero-order valence-electron chi connectivity index (χ0n) is 11.0. The Morgan fingerprint density at radius 2 is 2.15 bits per heavy atom. The summed E-state index contributed by atoms with van der Waals surface area (Å²) in [4.78, 5) is 13.7. The van der Waals surface area contributed by atoms with Crippen LogP contribution in [0.15, 0.2) is 24.3 Å². The highest BCUT2D eigenvalue weighted by Gasteiger charge is 2.30. The lowest BCUT2D eigenvalue weighted by atomic mass is 10.0. The van der Waals surface area contributed by atoms with Gasteiger partial charge in [0.2, 0.25) is 5.91 Å². The van der Waals surface area contributed by atoms with E-state index in [9.17, 15) is 18.0 Å². The minimum atomic E-state index is -4.38. The van der Waals surface area contributed by atoms with Crippen molar-refractivity contribution in [2.45, 2.75) is 31.5 Å². The second-order valence-corrected chi connectivity index (χ2v) is 5.12. The average molecular weight is 286 g/mol. The van der Waals surface area contributed by atoms with Gasteiger partial charge >= 0.3 is 6.18 Å². The standard InChI is InChI=1S/C14H17F3N2O/c15-14(16,17)11-4-1-3-10(7-11)8-13(20)19-6-2-5-12(18)9-19/h1,3-4,7,12H,2,5-6,8-9,18H2. The predicted octanol–water partition coefficient (Wildman–Crippen LogP) is 2.20. The van der Waals surface area contributed by atoms with Crippen LogP contribution in [0, 0.1) is 0 Å². The van der Waals surface area contributed by atoms with Crippen LogP contribution in [-0.2, 0) is 17.4 Å². The Kier molecular flexibility index (Phi) is 4.32.